The number of ether oxygens (including phenoxy) is 2. The first-order chi connectivity index (χ1) is 9.30. The Bertz CT molecular complexity index is 391. The predicted molar refractivity (Wildman–Crippen MR) is 75.7 cm³/mol. The standard InChI is InChI=1S/C15H24N2O2/c1-3-18-15(19-4-2)14(17-16)10-12-9-11-7-5-6-8-13(11)12/h5-8,12,14-15,17H,3-4,9-10,16H2,1-2H3. The molecular formula is C15H24N2O2. The van der Waals surface area contributed by atoms with Crippen LogP contribution in [0.2, 0.25) is 0 Å². The molecule has 0 saturated heterocycles. The molecule has 3 N–H and O–H groups in total. The van der Waals surface area contributed by atoms with Crippen molar-refractivity contribution in [3.8, 4) is 0 Å². The number of rotatable bonds is 8. The van der Waals surface area contributed by atoms with Crippen molar-refractivity contribution in [3.63, 3.8) is 0 Å². The second kappa shape index (κ2) is 7.01. The van der Waals surface area contributed by atoms with Gasteiger partial charge in [0, 0.05) is 13.2 Å². The second-order valence-corrected chi connectivity index (χ2v) is 4.89. The van der Waals surface area contributed by atoms with Crippen LogP contribution in [0.15, 0.2) is 24.3 Å². The Kier molecular flexibility index (Phi) is 5.34. The van der Waals surface area contributed by atoms with Crippen LogP contribution in [0.5, 0.6) is 0 Å². The lowest BCUT2D eigenvalue weighted by molar-refractivity contribution is -0.156. The molecule has 19 heavy (non-hydrogen) atoms. The first-order valence-corrected chi connectivity index (χ1v) is 7.07. The molecule has 0 radical (unpaired) electrons. The number of hydrogen-bond acceptors (Lipinski definition) is 4. The van der Waals surface area contributed by atoms with Crippen LogP contribution in [0.1, 0.15) is 37.3 Å². The number of benzene rings is 1. The second-order valence-electron chi connectivity index (χ2n) is 4.89. The van der Waals surface area contributed by atoms with Crippen LogP contribution in [0, 0.1) is 0 Å². The zero-order valence-electron chi connectivity index (χ0n) is 11.8. The van der Waals surface area contributed by atoms with Crippen LogP contribution in [0.25, 0.3) is 0 Å². The topological polar surface area (TPSA) is 56.5 Å². The number of fused-ring (bicyclic) bond motifs is 1. The summed E-state index contributed by atoms with van der Waals surface area (Å²) >= 11 is 0. The number of hydrazine groups is 1. The van der Waals surface area contributed by atoms with Crippen LogP contribution in [0.4, 0.5) is 0 Å². The summed E-state index contributed by atoms with van der Waals surface area (Å²) in [5, 5.41) is 0. The van der Waals surface area contributed by atoms with E-state index in [1.165, 1.54) is 11.1 Å². The van der Waals surface area contributed by atoms with Crippen LogP contribution in [0.3, 0.4) is 0 Å². The Labute approximate surface area is 115 Å². The van der Waals surface area contributed by atoms with Crippen molar-refractivity contribution in [2.24, 2.45) is 5.84 Å². The molecule has 1 aromatic carbocycles. The summed E-state index contributed by atoms with van der Waals surface area (Å²) in [5.41, 5.74) is 5.74. The van der Waals surface area contributed by atoms with E-state index in [4.69, 9.17) is 15.3 Å². The van der Waals surface area contributed by atoms with E-state index >= 15 is 0 Å². The zero-order valence-corrected chi connectivity index (χ0v) is 11.8. The maximum absolute atomic E-state index is 5.67. The predicted octanol–water partition coefficient (Wildman–Crippen LogP) is 1.95. The van der Waals surface area contributed by atoms with Gasteiger partial charge in [-0.15, -0.1) is 0 Å². The van der Waals surface area contributed by atoms with Gasteiger partial charge in [0.1, 0.15) is 0 Å². The lowest BCUT2D eigenvalue weighted by Gasteiger charge is -2.35. The van der Waals surface area contributed by atoms with Gasteiger partial charge in [-0.1, -0.05) is 24.3 Å². The largest absolute Gasteiger partial charge is 0.351 e. The monoisotopic (exact) mass is 264 g/mol. The molecule has 2 unspecified atom stereocenters. The molecule has 0 amide bonds. The molecule has 106 valence electrons. The molecule has 1 aliphatic carbocycles. The Morgan fingerprint density at radius 3 is 2.53 bits per heavy atom. The fraction of sp³-hybridized carbons (Fsp3) is 0.600. The first-order valence-electron chi connectivity index (χ1n) is 7.07. The van der Waals surface area contributed by atoms with Crippen molar-refractivity contribution in [3.05, 3.63) is 35.4 Å². The van der Waals surface area contributed by atoms with Gasteiger partial charge in [0.15, 0.2) is 6.29 Å². The highest BCUT2D eigenvalue weighted by molar-refractivity contribution is 5.39. The van der Waals surface area contributed by atoms with Crippen molar-refractivity contribution in [1.82, 2.24) is 5.43 Å². The van der Waals surface area contributed by atoms with Gasteiger partial charge in [-0.2, -0.15) is 0 Å². The quantitative estimate of drug-likeness (QED) is 0.428. The maximum Gasteiger partial charge on any atom is 0.174 e. The fourth-order valence-electron chi connectivity index (χ4n) is 2.75. The summed E-state index contributed by atoms with van der Waals surface area (Å²) in [5.74, 6) is 6.23. The number of nitrogens with one attached hydrogen (secondary N) is 1. The molecule has 0 bridgehead atoms. The van der Waals surface area contributed by atoms with Crippen LogP contribution in [-0.4, -0.2) is 25.5 Å². The molecular weight excluding hydrogens is 240 g/mol. The van der Waals surface area contributed by atoms with E-state index in [1.807, 2.05) is 13.8 Å². The van der Waals surface area contributed by atoms with Gasteiger partial charge in [-0.05, 0) is 43.7 Å². The van der Waals surface area contributed by atoms with Crippen molar-refractivity contribution >= 4 is 0 Å². The lowest BCUT2D eigenvalue weighted by atomic mass is 9.74. The highest BCUT2D eigenvalue weighted by atomic mass is 16.7. The average Bonchev–Trinajstić information content (AvgIpc) is 2.40. The van der Waals surface area contributed by atoms with E-state index in [0.29, 0.717) is 19.1 Å². The molecule has 2 atom stereocenters. The smallest absolute Gasteiger partial charge is 0.174 e. The molecule has 0 heterocycles. The molecule has 0 fully saturated rings. The zero-order chi connectivity index (χ0) is 13.7. The number of hydrogen-bond donors (Lipinski definition) is 2. The van der Waals surface area contributed by atoms with E-state index in [1.54, 1.807) is 0 Å². The summed E-state index contributed by atoms with van der Waals surface area (Å²) < 4.78 is 11.3. The summed E-state index contributed by atoms with van der Waals surface area (Å²) in [4.78, 5) is 0. The third kappa shape index (κ3) is 3.34. The Hall–Kier alpha value is -0.940. The Morgan fingerprint density at radius 2 is 1.95 bits per heavy atom. The number of nitrogens with two attached hydrogens (primary N) is 1. The van der Waals surface area contributed by atoms with Crippen molar-refractivity contribution in [2.45, 2.75) is 44.9 Å². The maximum atomic E-state index is 5.67. The van der Waals surface area contributed by atoms with Gasteiger partial charge in [0.25, 0.3) is 0 Å². The summed E-state index contributed by atoms with van der Waals surface area (Å²) in [7, 11) is 0. The van der Waals surface area contributed by atoms with Gasteiger partial charge >= 0.3 is 0 Å². The van der Waals surface area contributed by atoms with Gasteiger partial charge < -0.3 is 9.47 Å². The van der Waals surface area contributed by atoms with Crippen LogP contribution < -0.4 is 11.3 Å². The van der Waals surface area contributed by atoms with Gasteiger partial charge in [-0.25, -0.2) is 0 Å². The minimum Gasteiger partial charge on any atom is -0.351 e. The van der Waals surface area contributed by atoms with Gasteiger partial charge in [0.2, 0.25) is 0 Å². The molecule has 4 nitrogen and oxygen atoms in total. The van der Waals surface area contributed by atoms with Crippen molar-refractivity contribution in [1.29, 1.82) is 0 Å². The lowest BCUT2D eigenvalue weighted by Crippen LogP contribution is -2.48. The summed E-state index contributed by atoms with van der Waals surface area (Å²) in [6.07, 6.45) is 1.80. The summed E-state index contributed by atoms with van der Waals surface area (Å²) in [6.45, 7) is 5.20. The normalized spacial score (nSPS) is 19.1. The molecule has 1 aliphatic rings. The van der Waals surface area contributed by atoms with E-state index < -0.39 is 0 Å². The summed E-state index contributed by atoms with van der Waals surface area (Å²) in [6, 6.07) is 8.61. The SMILES string of the molecule is CCOC(OCC)C(CC1Cc2ccccc21)NN. The molecule has 0 saturated carbocycles. The third-order valence-corrected chi connectivity index (χ3v) is 3.70. The Morgan fingerprint density at radius 1 is 1.26 bits per heavy atom. The third-order valence-electron chi connectivity index (χ3n) is 3.70. The highest BCUT2D eigenvalue weighted by Gasteiger charge is 2.31. The minimum atomic E-state index is -0.271. The van der Waals surface area contributed by atoms with Gasteiger partial charge in [0.05, 0.1) is 6.04 Å². The fourth-order valence-corrected chi connectivity index (χ4v) is 2.75. The van der Waals surface area contributed by atoms with Crippen LogP contribution in [-0.2, 0) is 15.9 Å². The van der Waals surface area contributed by atoms with Crippen molar-refractivity contribution in [2.75, 3.05) is 13.2 Å². The van der Waals surface area contributed by atoms with E-state index in [0.717, 1.165) is 12.8 Å². The molecule has 2 rings (SSSR count). The minimum absolute atomic E-state index is 0.0262. The highest BCUT2D eigenvalue weighted by Crippen LogP contribution is 2.38. The van der Waals surface area contributed by atoms with E-state index in [-0.39, 0.29) is 12.3 Å². The molecule has 0 aromatic heterocycles. The molecule has 4 heteroatoms. The van der Waals surface area contributed by atoms with Gasteiger partial charge in [-0.3, -0.25) is 11.3 Å². The van der Waals surface area contributed by atoms with Crippen LogP contribution >= 0.6 is 0 Å². The van der Waals surface area contributed by atoms with Crippen molar-refractivity contribution < 1.29 is 9.47 Å². The Balaban J connectivity index is 1.96. The molecule has 0 spiro atoms. The van der Waals surface area contributed by atoms with E-state index in [2.05, 4.69) is 29.7 Å². The molecule has 0 aliphatic heterocycles. The first kappa shape index (κ1) is 14.5. The average molecular weight is 264 g/mol. The van der Waals surface area contributed by atoms with E-state index in [9.17, 15) is 0 Å². The molecule has 1 aromatic rings.